The van der Waals surface area contributed by atoms with Crippen molar-refractivity contribution >= 4 is 11.6 Å². The van der Waals surface area contributed by atoms with Crippen LogP contribution in [0.25, 0.3) is 5.65 Å². The molecule has 56 valence electrons. The minimum Gasteiger partial charge on any atom is -0.368 e. The Balaban J connectivity index is 2.96. The highest BCUT2D eigenvalue weighted by Gasteiger charge is 2.03. The fourth-order valence-corrected chi connectivity index (χ4v) is 0.930. The highest BCUT2D eigenvalue weighted by molar-refractivity contribution is 5.39. The number of rotatable bonds is 0. The average molecular weight is 150 g/mol. The molecule has 6 nitrogen and oxygen atoms in total. The van der Waals surface area contributed by atoms with Crippen LogP contribution in [0.5, 0.6) is 0 Å². The zero-order valence-electron chi connectivity index (χ0n) is 5.89. The molecule has 2 heterocycles. The molecular weight excluding hydrogens is 144 g/mol. The predicted molar refractivity (Wildman–Crippen MR) is 37.7 cm³/mol. The van der Waals surface area contributed by atoms with Crippen molar-refractivity contribution in [2.75, 3.05) is 5.73 Å². The maximum Gasteiger partial charge on any atom is 0.227 e. The molecule has 0 aliphatic heterocycles. The van der Waals surface area contributed by atoms with Gasteiger partial charge < -0.3 is 5.73 Å². The van der Waals surface area contributed by atoms with Gasteiger partial charge in [-0.25, -0.2) is 4.40 Å². The predicted octanol–water partition coefficient (Wildman–Crippen LogP) is -0.590. The first-order valence-corrected chi connectivity index (χ1v) is 3.08. The van der Waals surface area contributed by atoms with Gasteiger partial charge in [0.1, 0.15) is 5.82 Å². The number of nitrogens with two attached hydrogens (primary N) is 1. The highest BCUT2D eigenvalue weighted by Crippen LogP contribution is 2.03. The van der Waals surface area contributed by atoms with E-state index in [-0.39, 0.29) is 0 Å². The molecule has 0 atom stereocenters. The van der Waals surface area contributed by atoms with Crippen molar-refractivity contribution < 1.29 is 0 Å². The largest absolute Gasteiger partial charge is 0.368 e. The van der Waals surface area contributed by atoms with Gasteiger partial charge in [-0.2, -0.15) is 5.10 Å². The Bertz CT molecular complexity index is 391. The summed E-state index contributed by atoms with van der Waals surface area (Å²) >= 11 is 0. The third kappa shape index (κ3) is 0.721. The molecule has 2 aromatic rings. The van der Waals surface area contributed by atoms with Crippen molar-refractivity contribution in [2.24, 2.45) is 0 Å². The van der Waals surface area contributed by atoms with Gasteiger partial charge in [0, 0.05) is 0 Å². The van der Waals surface area contributed by atoms with Gasteiger partial charge in [-0.3, -0.25) is 0 Å². The standard InChI is InChI=1S/C5H6N6/c1-3-8-9-4-2-7-10-5(6)11(3)4/h2H,1H3,(H2,6,10). The van der Waals surface area contributed by atoms with E-state index in [1.807, 2.05) is 0 Å². The maximum atomic E-state index is 5.51. The van der Waals surface area contributed by atoms with Crippen molar-refractivity contribution in [1.82, 2.24) is 24.8 Å². The first kappa shape index (κ1) is 6.02. The summed E-state index contributed by atoms with van der Waals surface area (Å²) in [5.41, 5.74) is 6.13. The van der Waals surface area contributed by atoms with Crippen LogP contribution in [0.3, 0.4) is 0 Å². The van der Waals surface area contributed by atoms with Gasteiger partial charge in [0.05, 0.1) is 6.20 Å². The van der Waals surface area contributed by atoms with E-state index >= 15 is 0 Å². The van der Waals surface area contributed by atoms with Crippen molar-refractivity contribution in [3.05, 3.63) is 12.0 Å². The van der Waals surface area contributed by atoms with E-state index in [2.05, 4.69) is 20.4 Å². The topological polar surface area (TPSA) is 82.0 Å². The monoisotopic (exact) mass is 150 g/mol. The van der Waals surface area contributed by atoms with Crippen LogP contribution < -0.4 is 5.73 Å². The molecule has 2 rings (SSSR count). The zero-order valence-corrected chi connectivity index (χ0v) is 5.89. The molecule has 6 heteroatoms. The van der Waals surface area contributed by atoms with Crippen molar-refractivity contribution in [3.8, 4) is 0 Å². The molecule has 0 aromatic carbocycles. The van der Waals surface area contributed by atoms with E-state index < -0.39 is 0 Å². The lowest BCUT2D eigenvalue weighted by Crippen LogP contribution is -2.02. The van der Waals surface area contributed by atoms with Gasteiger partial charge in [0.25, 0.3) is 0 Å². The molecule has 0 radical (unpaired) electrons. The second-order valence-corrected chi connectivity index (χ2v) is 2.14. The van der Waals surface area contributed by atoms with E-state index in [0.29, 0.717) is 17.4 Å². The van der Waals surface area contributed by atoms with Gasteiger partial charge in [-0.05, 0) is 6.92 Å². The molecule has 0 unspecified atom stereocenters. The smallest absolute Gasteiger partial charge is 0.227 e. The molecule has 0 amide bonds. The summed E-state index contributed by atoms with van der Waals surface area (Å²) in [4.78, 5) is 0. The fraction of sp³-hybridized carbons (Fsp3) is 0.200. The third-order valence-corrected chi connectivity index (χ3v) is 1.41. The summed E-state index contributed by atoms with van der Waals surface area (Å²) in [7, 11) is 0. The van der Waals surface area contributed by atoms with E-state index in [1.165, 1.54) is 6.20 Å². The Kier molecular flexibility index (Phi) is 1.03. The highest BCUT2D eigenvalue weighted by atomic mass is 15.3. The average Bonchev–Trinajstić information content (AvgIpc) is 2.34. The van der Waals surface area contributed by atoms with Crippen molar-refractivity contribution in [3.63, 3.8) is 0 Å². The van der Waals surface area contributed by atoms with Crippen LogP contribution in [0, 0.1) is 6.92 Å². The molecule has 0 bridgehead atoms. The van der Waals surface area contributed by atoms with Crippen LogP contribution in [0.2, 0.25) is 0 Å². The van der Waals surface area contributed by atoms with E-state index in [1.54, 1.807) is 11.3 Å². The molecule has 0 saturated heterocycles. The number of aryl methyl sites for hydroxylation is 1. The first-order chi connectivity index (χ1) is 5.29. The summed E-state index contributed by atoms with van der Waals surface area (Å²) < 4.78 is 1.63. The SMILES string of the molecule is Cc1nnc2cnnc(N)n12. The lowest BCUT2D eigenvalue weighted by atomic mass is 10.6. The fourth-order valence-electron chi connectivity index (χ4n) is 0.930. The number of hydrogen-bond acceptors (Lipinski definition) is 5. The van der Waals surface area contributed by atoms with Crippen LogP contribution in [0.15, 0.2) is 6.20 Å². The van der Waals surface area contributed by atoms with Crippen molar-refractivity contribution in [1.29, 1.82) is 0 Å². The molecule has 0 aliphatic rings. The van der Waals surface area contributed by atoms with Crippen LogP contribution in [0.4, 0.5) is 5.95 Å². The molecule has 0 aliphatic carbocycles. The Labute approximate surface area is 62.1 Å². The number of fused-ring (bicyclic) bond motifs is 1. The summed E-state index contributed by atoms with van der Waals surface area (Å²) in [5.74, 6) is 1.03. The minimum atomic E-state index is 0.310. The second-order valence-electron chi connectivity index (χ2n) is 2.14. The molecule has 0 fully saturated rings. The number of aromatic nitrogens is 5. The summed E-state index contributed by atoms with van der Waals surface area (Å²) in [6.45, 7) is 1.80. The Morgan fingerprint density at radius 2 is 2.18 bits per heavy atom. The first-order valence-electron chi connectivity index (χ1n) is 3.08. The van der Waals surface area contributed by atoms with Gasteiger partial charge in [-0.1, -0.05) is 0 Å². The van der Waals surface area contributed by atoms with Crippen LogP contribution >= 0.6 is 0 Å². The lowest BCUT2D eigenvalue weighted by Gasteiger charge is -1.94. The van der Waals surface area contributed by atoms with Gasteiger partial charge in [-0.15, -0.1) is 15.3 Å². The molecular formula is C5H6N6. The van der Waals surface area contributed by atoms with Gasteiger partial charge in [0.2, 0.25) is 5.95 Å². The zero-order chi connectivity index (χ0) is 7.84. The van der Waals surface area contributed by atoms with Crippen LogP contribution in [0.1, 0.15) is 5.82 Å². The van der Waals surface area contributed by atoms with Crippen LogP contribution in [-0.4, -0.2) is 24.8 Å². The van der Waals surface area contributed by atoms with Gasteiger partial charge in [0.15, 0.2) is 5.65 Å². The normalized spacial score (nSPS) is 10.6. The summed E-state index contributed by atoms with van der Waals surface area (Å²) in [6, 6.07) is 0. The van der Waals surface area contributed by atoms with E-state index in [9.17, 15) is 0 Å². The Morgan fingerprint density at radius 3 is 2.91 bits per heavy atom. The quantitative estimate of drug-likeness (QED) is 0.542. The molecule has 0 saturated carbocycles. The van der Waals surface area contributed by atoms with Crippen molar-refractivity contribution in [2.45, 2.75) is 6.92 Å². The van der Waals surface area contributed by atoms with Crippen LogP contribution in [-0.2, 0) is 0 Å². The molecule has 0 spiro atoms. The third-order valence-electron chi connectivity index (χ3n) is 1.41. The molecule has 11 heavy (non-hydrogen) atoms. The number of hydrogen-bond donors (Lipinski definition) is 1. The minimum absolute atomic E-state index is 0.310. The maximum absolute atomic E-state index is 5.51. The van der Waals surface area contributed by atoms with E-state index in [4.69, 9.17) is 5.73 Å². The number of nitrogens with zero attached hydrogens (tertiary/aromatic N) is 5. The lowest BCUT2D eigenvalue weighted by molar-refractivity contribution is 0.936. The Hall–Kier alpha value is -1.72. The number of nitrogen functional groups attached to an aromatic ring is 1. The molecule has 2 N–H and O–H groups in total. The summed E-state index contributed by atoms with van der Waals surface area (Å²) in [6.07, 6.45) is 1.51. The number of anilines is 1. The summed E-state index contributed by atoms with van der Waals surface area (Å²) in [5, 5.41) is 14.9. The van der Waals surface area contributed by atoms with E-state index in [0.717, 1.165) is 0 Å². The van der Waals surface area contributed by atoms with Gasteiger partial charge >= 0.3 is 0 Å². The second kappa shape index (κ2) is 1.88. The Morgan fingerprint density at radius 1 is 1.36 bits per heavy atom. The molecule has 2 aromatic heterocycles.